The molecule has 1 rings (SSSR count). The number of phenols is 1. The molecule has 0 aromatic heterocycles. The van der Waals surface area contributed by atoms with Crippen molar-refractivity contribution in [3.63, 3.8) is 0 Å². The van der Waals surface area contributed by atoms with Crippen LogP contribution < -0.4 is 5.32 Å². The smallest absolute Gasteiger partial charge is 0.121 e. The van der Waals surface area contributed by atoms with Crippen LogP contribution >= 0.6 is 0 Å². The summed E-state index contributed by atoms with van der Waals surface area (Å²) in [6.45, 7) is 4.85. The van der Waals surface area contributed by atoms with Gasteiger partial charge in [0.1, 0.15) is 5.75 Å². The fourth-order valence-corrected chi connectivity index (χ4v) is 1.46. The van der Waals surface area contributed by atoms with Crippen molar-refractivity contribution in [2.75, 3.05) is 13.6 Å². The molecule has 0 unspecified atom stereocenters. The normalized spacial score (nSPS) is 10.4. The highest BCUT2D eigenvalue weighted by atomic mass is 16.3. The van der Waals surface area contributed by atoms with Gasteiger partial charge in [-0.3, -0.25) is 0 Å². The minimum atomic E-state index is 0.424. The van der Waals surface area contributed by atoms with Gasteiger partial charge in [0.2, 0.25) is 0 Å². The molecular weight excluding hydrogens is 162 g/mol. The fourth-order valence-electron chi connectivity index (χ4n) is 1.46. The molecule has 0 spiro atoms. The molecule has 2 N–H and O–H groups in total. The van der Waals surface area contributed by atoms with E-state index in [0.29, 0.717) is 5.75 Å². The fraction of sp³-hybridized carbons (Fsp3) is 0.455. The van der Waals surface area contributed by atoms with Crippen LogP contribution in [-0.4, -0.2) is 18.7 Å². The monoisotopic (exact) mass is 179 g/mol. The summed E-state index contributed by atoms with van der Waals surface area (Å²) in [7, 11) is 1.94. The van der Waals surface area contributed by atoms with E-state index in [9.17, 15) is 5.11 Å². The topological polar surface area (TPSA) is 32.3 Å². The molecule has 0 aliphatic heterocycles. The molecule has 0 aliphatic carbocycles. The predicted octanol–water partition coefficient (Wildman–Crippen LogP) is 1.77. The number of phenolic OH excluding ortho intramolecular Hbond substituents is 1. The molecule has 0 amide bonds. The summed E-state index contributed by atoms with van der Waals surface area (Å²) in [5, 5.41) is 12.6. The van der Waals surface area contributed by atoms with E-state index in [0.717, 1.165) is 24.1 Å². The minimum Gasteiger partial charge on any atom is -0.507 e. The molecule has 0 bridgehead atoms. The SMILES string of the molecule is CNCCc1cc(C)c(O)c(C)c1. The summed E-state index contributed by atoms with van der Waals surface area (Å²) in [5.41, 5.74) is 3.21. The highest BCUT2D eigenvalue weighted by molar-refractivity contribution is 5.42. The third-order valence-electron chi connectivity index (χ3n) is 2.21. The Morgan fingerprint density at radius 2 is 1.77 bits per heavy atom. The maximum Gasteiger partial charge on any atom is 0.121 e. The Hall–Kier alpha value is -1.02. The zero-order chi connectivity index (χ0) is 9.84. The number of rotatable bonds is 3. The molecule has 0 fully saturated rings. The van der Waals surface area contributed by atoms with Crippen molar-refractivity contribution in [2.24, 2.45) is 0 Å². The molecule has 72 valence electrons. The van der Waals surface area contributed by atoms with Gasteiger partial charge >= 0.3 is 0 Å². The van der Waals surface area contributed by atoms with Crippen molar-refractivity contribution in [1.82, 2.24) is 5.32 Å². The molecule has 2 heteroatoms. The van der Waals surface area contributed by atoms with Gasteiger partial charge in [0.05, 0.1) is 0 Å². The average molecular weight is 179 g/mol. The zero-order valence-corrected chi connectivity index (χ0v) is 8.52. The second kappa shape index (κ2) is 4.28. The van der Waals surface area contributed by atoms with E-state index in [1.807, 2.05) is 33.0 Å². The molecule has 1 aromatic rings. The molecule has 0 heterocycles. The second-order valence-corrected chi connectivity index (χ2v) is 3.43. The van der Waals surface area contributed by atoms with Crippen molar-refractivity contribution in [2.45, 2.75) is 20.3 Å². The lowest BCUT2D eigenvalue weighted by Gasteiger charge is -2.07. The van der Waals surface area contributed by atoms with E-state index in [4.69, 9.17) is 0 Å². The number of aromatic hydroxyl groups is 1. The van der Waals surface area contributed by atoms with Crippen LogP contribution in [0.5, 0.6) is 5.75 Å². The molecular formula is C11H17NO. The molecule has 0 saturated heterocycles. The number of aryl methyl sites for hydroxylation is 2. The second-order valence-electron chi connectivity index (χ2n) is 3.43. The largest absolute Gasteiger partial charge is 0.507 e. The maximum absolute atomic E-state index is 9.54. The van der Waals surface area contributed by atoms with Crippen LogP contribution in [0.3, 0.4) is 0 Å². The molecule has 0 radical (unpaired) electrons. The number of nitrogens with one attached hydrogen (secondary N) is 1. The van der Waals surface area contributed by atoms with Crippen LogP contribution in [-0.2, 0) is 6.42 Å². The molecule has 1 aromatic carbocycles. The van der Waals surface area contributed by atoms with E-state index < -0.39 is 0 Å². The molecule has 0 atom stereocenters. The third kappa shape index (κ3) is 2.46. The first-order chi connectivity index (χ1) is 6.15. The maximum atomic E-state index is 9.54. The van der Waals surface area contributed by atoms with Gasteiger partial charge in [-0.2, -0.15) is 0 Å². The Labute approximate surface area is 79.6 Å². The molecule has 13 heavy (non-hydrogen) atoms. The molecule has 2 nitrogen and oxygen atoms in total. The van der Waals surface area contributed by atoms with Gasteiger partial charge in [0.25, 0.3) is 0 Å². The van der Waals surface area contributed by atoms with Crippen molar-refractivity contribution in [3.8, 4) is 5.75 Å². The Bertz CT molecular complexity index is 271. The van der Waals surface area contributed by atoms with Crippen LogP contribution in [0.25, 0.3) is 0 Å². The lowest BCUT2D eigenvalue weighted by Crippen LogP contribution is -2.10. The first-order valence-corrected chi connectivity index (χ1v) is 4.59. The van der Waals surface area contributed by atoms with Gasteiger partial charge in [-0.05, 0) is 50.6 Å². The van der Waals surface area contributed by atoms with Gasteiger partial charge in [0.15, 0.2) is 0 Å². The van der Waals surface area contributed by atoms with Crippen LogP contribution in [0.15, 0.2) is 12.1 Å². The zero-order valence-electron chi connectivity index (χ0n) is 8.52. The van der Waals surface area contributed by atoms with Gasteiger partial charge in [-0.15, -0.1) is 0 Å². The number of likely N-dealkylation sites (N-methyl/N-ethyl adjacent to an activating group) is 1. The Kier molecular flexibility index (Phi) is 3.32. The highest BCUT2D eigenvalue weighted by Crippen LogP contribution is 2.22. The van der Waals surface area contributed by atoms with Crippen LogP contribution in [0, 0.1) is 13.8 Å². The standard InChI is InChI=1S/C11H17NO/c1-8-6-10(4-5-12-3)7-9(2)11(8)13/h6-7,12-13H,4-5H2,1-3H3. The van der Waals surface area contributed by atoms with Crippen molar-refractivity contribution in [1.29, 1.82) is 0 Å². The van der Waals surface area contributed by atoms with Gasteiger partial charge in [-0.25, -0.2) is 0 Å². The summed E-state index contributed by atoms with van der Waals surface area (Å²) in [4.78, 5) is 0. The lowest BCUT2D eigenvalue weighted by atomic mass is 10.0. The van der Waals surface area contributed by atoms with Gasteiger partial charge in [-0.1, -0.05) is 12.1 Å². The van der Waals surface area contributed by atoms with E-state index in [1.54, 1.807) is 0 Å². The summed E-state index contributed by atoms with van der Waals surface area (Å²) >= 11 is 0. The van der Waals surface area contributed by atoms with Crippen LogP contribution in [0.2, 0.25) is 0 Å². The number of benzene rings is 1. The highest BCUT2D eigenvalue weighted by Gasteiger charge is 2.02. The van der Waals surface area contributed by atoms with Gasteiger partial charge in [0, 0.05) is 0 Å². The van der Waals surface area contributed by atoms with Crippen LogP contribution in [0.4, 0.5) is 0 Å². The van der Waals surface area contributed by atoms with Crippen LogP contribution in [0.1, 0.15) is 16.7 Å². The lowest BCUT2D eigenvalue weighted by molar-refractivity contribution is 0.466. The predicted molar refractivity (Wildman–Crippen MR) is 55.2 cm³/mol. The van der Waals surface area contributed by atoms with E-state index in [-0.39, 0.29) is 0 Å². The quantitative estimate of drug-likeness (QED) is 0.741. The van der Waals surface area contributed by atoms with Crippen molar-refractivity contribution in [3.05, 3.63) is 28.8 Å². The van der Waals surface area contributed by atoms with E-state index in [1.165, 1.54) is 5.56 Å². The third-order valence-corrected chi connectivity index (χ3v) is 2.21. The first kappa shape index (κ1) is 10.1. The average Bonchev–Trinajstić information content (AvgIpc) is 2.10. The summed E-state index contributed by atoms with van der Waals surface area (Å²) in [6, 6.07) is 4.08. The molecule has 0 aliphatic rings. The summed E-state index contributed by atoms with van der Waals surface area (Å²) in [6.07, 6.45) is 1.01. The molecule has 0 saturated carbocycles. The Morgan fingerprint density at radius 1 is 1.23 bits per heavy atom. The Morgan fingerprint density at radius 3 is 2.23 bits per heavy atom. The first-order valence-electron chi connectivity index (χ1n) is 4.59. The minimum absolute atomic E-state index is 0.424. The van der Waals surface area contributed by atoms with E-state index in [2.05, 4.69) is 5.32 Å². The van der Waals surface area contributed by atoms with Crippen molar-refractivity contribution >= 4 is 0 Å². The van der Waals surface area contributed by atoms with Gasteiger partial charge < -0.3 is 10.4 Å². The van der Waals surface area contributed by atoms with Crippen molar-refractivity contribution < 1.29 is 5.11 Å². The number of hydrogen-bond donors (Lipinski definition) is 2. The number of hydrogen-bond acceptors (Lipinski definition) is 2. The van der Waals surface area contributed by atoms with E-state index >= 15 is 0 Å². The summed E-state index contributed by atoms with van der Waals surface area (Å²) < 4.78 is 0. The Balaban J connectivity index is 2.86. The summed E-state index contributed by atoms with van der Waals surface area (Å²) in [5.74, 6) is 0.424.